The van der Waals surface area contributed by atoms with Crippen molar-refractivity contribution in [3.05, 3.63) is 46.3 Å². The summed E-state index contributed by atoms with van der Waals surface area (Å²) in [5.74, 6) is 2.46. The highest BCUT2D eigenvalue weighted by Crippen LogP contribution is 2.62. The number of carbonyl (C=O) groups is 1. The first-order chi connectivity index (χ1) is 12.5. The first kappa shape index (κ1) is 17.6. The summed E-state index contributed by atoms with van der Waals surface area (Å²) in [6.45, 7) is 4.72. The van der Waals surface area contributed by atoms with E-state index in [9.17, 15) is 4.79 Å². The molecule has 0 aliphatic heterocycles. The van der Waals surface area contributed by atoms with Gasteiger partial charge in [0, 0.05) is 6.42 Å². The van der Waals surface area contributed by atoms with Crippen LogP contribution in [-0.2, 0) is 9.53 Å². The van der Waals surface area contributed by atoms with E-state index in [1.807, 2.05) is 0 Å². The van der Waals surface area contributed by atoms with E-state index in [0.717, 1.165) is 18.3 Å². The normalized spacial score (nSPS) is 38.0. The van der Waals surface area contributed by atoms with Crippen LogP contribution in [0.3, 0.4) is 0 Å². The van der Waals surface area contributed by atoms with E-state index in [2.05, 4.69) is 32.1 Å². The van der Waals surface area contributed by atoms with Gasteiger partial charge in [-0.05, 0) is 85.8 Å². The van der Waals surface area contributed by atoms with E-state index >= 15 is 0 Å². The van der Waals surface area contributed by atoms with Crippen molar-refractivity contribution in [1.29, 1.82) is 0 Å². The molecule has 3 saturated carbocycles. The van der Waals surface area contributed by atoms with Crippen molar-refractivity contribution in [2.24, 2.45) is 28.9 Å². The second-order valence-electron chi connectivity index (χ2n) is 8.67. The van der Waals surface area contributed by atoms with Crippen molar-refractivity contribution in [3.63, 3.8) is 0 Å². The summed E-state index contributed by atoms with van der Waals surface area (Å²) < 4.78 is 5.57. The van der Waals surface area contributed by atoms with Crippen LogP contribution in [0.2, 0.25) is 0 Å². The van der Waals surface area contributed by atoms with Gasteiger partial charge in [-0.25, -0.2) is 0 Å². The molecule has 3 nitrogen and oxygen atoms in total. The molecule has 0 radical (unpaired) electrons. The lowest BCUT2D eigenvalue weighted by molar-refractivity contribution is -0.114. The van der Waals surface area contributed by atoms with E-state index in [1.54, 1.807) is 12.7 Å². The fraction of sp³-hybridized carbons (Fsp3) is 0.609. The minimum absolute atomic E-state index is 0.365. The summed E-state index contributed by atoms with van der Waals surface area (Å²) in [5, 5.41) is 0. The Labute approximate surface area is 157 Å². The van der Waals surface area contributed by atoms with Crippen molar-refractivity contribution in [2.45, 2.75) is 58.8 Å². The predicted molar refractivity (Wildman–Crippen MR) is 104 cm³/mol. The lowest BCUT2D eigenvalue weighted by Crippen LogP contribution is -2.41. The van der Waals surface area contributed by atoms with Gasteiger partial charge >= 0.3 is 0 Å². The zero-order valence-corrected chi connectivity index (χ0v) is 16.3. The number of rotatable bonds is 2. The number of primary amides is 1. The van der Waals surface area contributed by atoms with Gasteiger partial charge in [0.05, 0.1) is 12.7 Å². The third kappa shape index (κ3) is 2.51. The average molecular weight is 354 g/mol. The molecule has 0 aromatic rings. The minimum Gasteiger partial charge on any atom is -0.496 e. The van der Waals surface area contributed by atoms with Crippen LogP contribution in [0.1, 0.15) is 58.8 Å². The van der Waals surface area contributed by atoms with Gasteiger partial charge in [-0.3, -0.25) is 4.79 Å². The lowest BCUT2D eigenvalue weighted by atomic mass is 9.54. The summed E-state index contributed by atoms with van der Waals surface area (Å²) in [6, 6.07) is 0. The molecule has 26 heavy (non-hydrogen) atoms. The molecule has 1 amide bonds. The maximum atomic E-state index is 11.8. The van der Waals surface area contributed by atoms with Crippen LogP contribution >= 0.6 is 0 Å². The fourth-order valence-electron chi connectivity index (χ4n) is 6.48. The Morgan fingerprint density at radius 3 is 2.81 bits per heavy atom. The first-order valence-electron chi connectivity index (χ1n) is 10.1. The monoisotopic (exact) mass is 353 g/mol. The van der Waals surface area contributed by atoms with Gasteiger partial charge in [-0.15, -0.1) is 0 Å². The molecule has 140 valence electrons. The molecule has 4 aliphatic carbocycles. The Kier molecular flexibility index (Phi) is 4.37. The Bertz CT molecular complexity index is 754. The van der Waals surface area contributed by atoms with E-state index in [1.165, 1.54) is 43.3 Å². The molecule has 4 atom stereocenters. The standard InChI is InChI=1S/C23H31NO2/c1-4-15-7-10-20-17-8-5-14-6-9-18(22(24)25)21(26-3)13-19(14)16(17)11-12-23(15,20)2/h4,6,13,16-17,20H,5,7-12H2,1-3H3,(H2,24,25)/b15-4-. The molecule has 4 aliphatic rings. The first-order valence-corrected chi connectivity index (χ1v) is 10.1. The molecular formula is C23H31NO2. The molecule has 0 saturated heterocycles. The lowest BCUT2D eigenvalue weighted by Gasteiger charge is -2.50. The maximum Gasteiger partial charge on any atom is 0.248 e. The molecule has 0 aromatic carbocycles. The summed E-state index contributed by atoms with van der Waals surface area (Å²) in [5.41, 5.74) is 11.1. The van der Waals surface area contributed by atoms with Crippen LogP contribution < -0.4 is 5.73 Å². The molecule has 0 heterocycles. The largest absolute Gasteiger partial charge is 0.496 e. The molecule has 2 N–H and O–H groups in total. The van der Waals surface area contributed by atoms with Gasteiger partial charge < -0.3 is 10.5 Å². The number of allylic oxidation sites excluding steroid dienone is 6. The Hall–Kier alpha value is -1.77. The second-order valence-corrected chi connectivity index (χ2v) is 8.67. The van der Waals surface area contributed by atoms with E-state index < -0.39 is 0 Å². The molecule has 0 aromatic heterocycles. The van der Waals surface area contributed by atoms with Crippen molar-refractivity contribution >= 4 is 5.91 Å². The SMILES string of the molecule is C/C=C1/CCC2C3CCC4=CCC(C(N)=O)=C(OC)C=C4C3CCC12C. The number of fused-ring (bicyclic) bond motifs is 5. The summed E-state index contributed by atoms with van der Waals surface area (Å²) in [6.07, 6.45) is 14.9. The topological polar surface area (TPSA) is 52.3 Å². The van der Waals surface area contributed by atoms with Crippen LogP contribution in [0.4, 0.5) is 0 Å². The fourth-order valence-corrected chi connectivity index (χ4v) is 6.48. The van der Waals surface area contributed by atoms with Gasteiger partial charge in [0.15, 0.2) is 0 Å². The molecule has 3 fully saturated rings. The molecule has 0 spiro atoms. The number of carbonyl (C=O) groups excluding carboxylic acids is 1. The molecular weight excluding hydrogens is 322 g/mol. The van der Waals surface area contributed by atoms with Crippen molar-refractivity contribution < 1.29 is 9.53 Å². The molecule has 4 rings (SSSR count). The van der Waals surface area contributed by atoms with E-state index in [-0.39, 0.29) is 5.91 Å². The summed E-state index contributed by atoms with van der Waals surface area (Å²) in [7, 11) is 1.65. The van der Waals surface area contributed by atoms with Gasteiger partial charge in [0.25, 0.3) is 0 Å². The number of hydrogen-bond acceptors (Lipinski definition) is 2. The predicted octanol–water partition coefficient (Wildman–Crippen LogP) is 4.81. The van der Waals surface area contributed by atoms with Crippen molar-refractivity contribution in [2.75, 3.05) is 7.11 Å². The maximum absolute atomic E-state index is 11.8. The van der Waals surface area contributed by atoms with Crippen LogP contribution in [0.15, 0.2) is 46.3 Å². The van der Waals surface area contributed by atoms with Crippen molar-refractivity contribution in [3.8, 4) is 0 Å². The smallest absolute Gasteiger partial charge is 0.248 e. The molecule has 3 heteroatoms. The highest BCUT2D eigenvalue weighted by atomic mass is 16.5. The average Bonchev–Trinajstić information content (AvgIpc) is 2.84. The van der Waals surface area contributed by atoms with Gasteiger partial charge in [-0.2, -0.15) is 0 Å². The Morgan fingerprint density at radius 1 is 1.31 bits per heavy atom. The Morgan fingerprint density at radius 2 is 2.12 bits per heavy atom. The zero-order valence-electron chi connectivity index (χ0n) is 16.3. The third-order valence-corrected chi connectivity index (χ3v) is 7.80. The number of amides is 1. The highest BCUT2D eigenvalue weighted by molar-refractivity contribution is 5.93. The number of ether oxygens (including phenoxy) is 1. The van der Waals surface area contributed by atoms with Gasteiger partial charge in [-0.1, -0.05) is 24.6 Å². The van der Waals surface area contributed by atoms with Crippen LogP contribution in [0.25, 0.3) is 0 Å². The second kappa shape index (κ2) is 6.44. The quantitative estimate of drug-likeness (QED) is 0.724. The summed E-state index contributed by atoms with van der Waals surface area (Å²) in [4.78, 5) is 11.8. The minimum atomic E-state index is -0.365. The van der Waals surface area contributed by atoms with Crippen LogP contribution in [-0.4, -0.2) is 13.0 Å². The molecule has 0 bridgehead atoms. The third-order valence-electron chi connectivity index (χ3n) is 7.80. The van der Waals surface area contributed by atoms with Crippen LogP contribution in [0, 0.1) is 23.2 Å². The molecule has 4 unspecified atom stereocenters. The van der Waals surface area contributed by atoms with Gasteiger partial charge in [0.1, 0.15) is 5.76 Å². The number of nitrogens with two attached hydrogens (primary N) is 1. The van der Waals surface area contributed by atoms with Gasteiger partial charge in [0.2, 0.25) is 5.91 Å². The zero-order chi connectivity index (χ0) is 18.5. The highest BCUT2D eigenvalue weighted by Gasteiger charge is 2.52. The summed E-state index contributed by atoms with van der Waals surface area (Å²) >= 11 is 0. The van der Waals surface area contributed by atoms with Crippen LogP contribution in [0.5, 0.6) is 0 Å². The number of hydrogen-bond donors (Lipinski definition) is 1. The van der Waals surface area contributed by atoms with E-state index in [0.29, 0.717) is 29.1 Å². The number of methoxy groups -OCH3 is 1. The van der Waals surface area contributed by atoms with Crippen molar-refractivity contribution in [1.82, 2.24) is 0 Å². The van der Waals surface area contributed by atoms with E-state index in [4.69, 9.17) is 10.5 Å². The Balaban J connectivity index is 1.72.